The van der Waals surface area contributed by atoms with Crippen molar-refractivity contribution in [2.45, 2.75) is 30.1 Å². The molecule has 0 aliphatic heterocycles. The van der Waals surface area contributed by atoms with Gasteiger partial charge in [-0.2, -0.15) is 4.31 Å². The summed E-state index contributed by atoms with van der Waals surface area (Å²) in [6.07, 6.45) is 0.742. The fourth-order valence-corrected chi connectivity index (χ4v) is 5.26. The molecule has 0 heterocycles. The summed E-state index contributed by atoms with van der Waals surface area (Å²) in [6.45, 7) is 4.31. The Hall–Kier alpha value is -2.03. The van der Waals surface area contributed by atoms with Crippen molar-refractivity contribution in [3.05, 3.63) is 54.1 Å². The predicted octanol–water partition coefficient (Wildman–Crippen LogP) is 3.65. The van der Waals surface area contributed by atoms with Crippen LogP contribution in [0.15, 0.2) is 58.3 Å². The highest BCUT2D eigenvalue weighted by Crippen LogP contribution is 2.26. The topological polar surface area (TPSA) is 83.9 Å². The van der Waals surface area contributed by atoms with Crippen molar-refractivity contribution in [1.29, 1.82) is 0 Å². The number of aryl methyl sites for hydroxylation is 1. The minimum absolute atomic E-state index is 0.309. The van der Waals surface area contributed by atoms with E-state index in [2.05, 4.69) is 0 Å². The predicted molar refractivity (Wildman–Crippen MR) is 111 cm³/mol. The fraction of sp³-hybridized carbons (Fsp3) is 0.350. The lowest BCUT2D eigenvalue weighted by molar-refractivity contribution is -0.139. The zero-order chi connectivity index (χ0) is 20.6. The summed E-state index contributed by atoms with van der Waals surface area (Å²) in [6, 6.07) is 14.0. The van der Waals surface area contributed by atoms with Crippen LogP contribution in [0, 0.1) is 6.92 Å². The Morgan fingerprint density at radius 1 is 1.14 bits per heavy atom. The van der Waals surface area contributed by atoms with Crippen LogP contribution in [0.25, 0.3) is 0 Å². The van der Waals surface area contributed by atoms with E-state index in [1.807, 2.05) is 26.0 Å². The average Bonchev–Trinajstić information content (AvgIpc) is 2.67. The van der Waals surface area contributed by atoms with Gasteiger partial charge in [-0.25, -0.2) is 13.2 Å². The number of benzene rings is 2. The minimum Gasteiger partial charge on any atom is -0.482 e. The third-order valence-electron chi connectivity index (χ3n) is 3.96. The molecule has 1 N–H and O–H groups in total. The molecule has 0 spiro atoms. The first-order valence-corrected chi connectivity index (χ1v) is 11.4. The van der Waals surface area contributed by atoms with E-state index < -0.39 is 16.0 Å². The highest BCUT2D eigenvalue weighted by atomic mass is 32.2. The molecule has 0 aliphatic carbocycles. The van der Waals surface area contributed by atoms with Crippen LogP contribution in [0.5, 0.6) is 5.75 Å². The molecule has 0 aliphatic rings. The summed E-state index contributed by atoms with van der Waals surface area (Å²) in [5.74, 6) is 0.125. The summed E-state index contributed by atoms with van der Waals surface area (Å²) in [7, 11) is -3.50. The standard InChI is InChI=1S/C20H25NO5S2/c1-3-11-21(28(24,25)18-7-5-4-6-8-18)12-13-27-17-9-10-19(16(2)14-17)26-15-20(22)23/h4-10,14H,3,11-13,15H2,1-2H3,(H,22,23). The maximum atomic E-state index is 12.8. The van der Waals surface area contributed by atoms with E-state index in [4.69, 9.17) is 9.84 Å². The van der Waals surface area contributed by atoms with Gasteiger partial charge in [0.05, 0.1) is 4.90 Å². The van der Waals surface area contributed by atoms with Crippen LogP contribution in [0.4, 0.5) is 0 Å². The molecule has 2 aromatic carbocycles. The lowest BCUT2D eigenvalue weighted by Crippen LogP contribution is -2.33. The van der Waals surface area contributed by atoms with Crippen molar-refractivity contribution >= 4 is 27.8 Å². The van der Waals surface area contributed by atoms with E-state index in [1.165, 1.54) is 4.31 Å². The molecule has 0 unspecified atom stereocenters. The zero-order valence-corrected chi connectivity index (χ0v) is 17.6. The molecule has 8 heteroatoms. The molecule has 0 saturated heterocycles. The third kappa shape index (κ3) is 6.25. The molecule has 0 aromatic heterocycles. The second-order valence-electron chi connectivity index (χ2n) is 6.18. The molecule has 152 valence electrons. The van der Waals surface area contributed by atoms with Crippen molar-refractivity contribution in [3.8, 4) is 5.75 Å². The van der Waals surface area contributed by atoms with Crippen molar-refractivity contribution in [2.24, 2.45) is 0 Å². The third-order valence-corrected chi connectivity index (χ3v) is 6.85. The van der Waals surface area contributed by atoms with Gasteiger partial charge in [-0.3, -0.25) is 0 Å². The van der Waals surface area contributed by atoms with Crippen LogP contribution in [-0.2, 0) is 14.8 Å². The van der Waals surface area contributed by atoms with Gasteiger partial charge in [0.2, 0.25) is 10.0 Å². The Labute approximate surface area is 170 Å². The minimum atomic E-state index is -3.50. The molecule has 0 radical (unpaired) electrons. The largest absolute Gasteiger partial charge is 0.482 e. The summed E-state index contributed by atoms with van der Waals surface area (Å²) in [5, 5.41) is 8.70. The SMILES string of the molecule is CCCN(CCSc1ccc(OCC(=O)O)c(C)c1)S(=O)(=O)c1ccccc1. The maximum Gasteiger partial charge on any atom is 0.341 e. The van der Waals surface area contributed by atoms with Gasteiger partial charge in [0.15, 0.2) is 6.61 Å². The van der Waals surface area contributed by atoms with Crippen LogP contribution in [0.1, 0.15) is 18.9 Å². The summed E-state index contributed by atoms with van der Waals surface area (Å²) in [4.78, 5) is 11.9. The molecule has 0 fully saturated rings. The summed E-state index contributed by atoms with van der Waals surface area (Å²) < 4.78 is 32.4. The number of rotatable bonds is 11. The summed E-state index contributed by atoms with van der Waals surface area (Å²) in [5.41, 5.74) is 0.841. The monoisotopic (exact) mass is 423 g/mol. The molecule has 0 atom stereocenters. The van der Waals surface area contributed by atoms with Crippen molar-refractivity contribution in [1.82, 2.24) is 4.31 Å². The second kappa shape index (κ2) is 10.5. The Bertz CT molecular complexity index is 885. The normalized spacial score (nSPS) is 11.5. The number of nitrogens with zero attached hydrogens (tertiary/aromatic N) is 1. The molecular weight excluding hydrogens is 398 g/mol. The van der Waals surface area contributed by atoms with Crippen molar-refractivity contribution in [2.75, 3.05) is 25.4 Å². The number of thioether (sulfide) groups is 1. The molecule has 2 rings (SSSR count). The number of ether oxygens (including phenoxy) is 1. The van der Waals surface area contributed by atoms with E-state index in [-0.39, 0.29) is 6.61 Å². The van der Waals surface area contributed by atoms with E-state index in [1.54, 1.807) is 48.2 Å². The number of carbonyl (C=O) groups is 1. The van der Waals surface area contributed by atoms with Gasteiger partial charge in [-0.15, -0.1) is 11.8 Å². The number of carboxylic acids is 1. The van der Waals surface area contributed by atoms with E-state index in [9.17, 15) is 13.2 Å². The molecule has 28 heavy (non-hydrogen) atoms. The van der Waals surface area contributed by atoms with E-state index in [0.29, 0.717) is 29.5 Å². The van der Waals surface area contributed by atoms with Crippen LogP contribution >= 0.6 is 11.8 Å². The summed E-state index contributed by atoms with van der Waals surface area (Å²) >= 11 is 1.56. The van der Waals surface area contributed by atoms with Gasteiger partial charge in [-0.05, 0) is 49.2 Å². The Kier molecular flexibility index (Phi) is 8.35. The number of hydrogen-bond acceptors (Lipinski definition) is 5. The zero-order valence-electron chi connectivity index (χ0n) is 16.0. The van der Waals surface area contributed by atoms with Gasteiger partial charge >= 0.3 is 5.97 Å². The Morgan fingerprint density at radius 2 is 1.86 bits per heavy atom. The van der Waals surface area contributed by atoms with Gasteiger partial charge in [0, 0.05) is 23.7 Å². The molecule has 6 nitrogen and oxygen atoms in total. The molecule has 0 bridgehead atoms. The highest BCUT2D eigenvalue weighted by molar-refractivity contribution is 7.99. The number of aliphatic carboxylic acids is 1. The van der Waals surface area contributed by atoms with Gasteiger partial charge in [0.25, 0.3) is 0 Å². The smallest absolute Gasteiger partial charge is 0.341 e. The fourth-order valence-electron chi connectivity index (χ4n) is 2.62. The van der Waals surface area contributed by atoms with Gasteiger partial charge in [-0.1, -0.05) is 25.1 Å². The quantitative estimate of drug-likeness (QED) is 0.556. The maximum absolute atomic E-state index is 12.8. The van der Waals surface area contributed by atoms with Crippen molar-refractivity contribution in [3.63, 3.8) is 0 Å². The van der Waals surface area contributed by atoms with Crippen molar-refractivity contribution < 1.29 is 23.1 Å². The van der Waals surface area contributed by atoms with Gasteiger partial charge in [0.1, 0.15) is 5.75 Å². The second-order valence-corrected chi connectivity index (χ2v) is 9.28. The van der Waals surface area contributed by atoms with Crippen LogP contribution < -0.4 is 4.74 Å². The van der Waals surface area contributed by atoms with Gasteiger partial charge < -0.3 is 9.84 Å². The van der Waals surface area contributed by atoms with Crippen LogP contribution in [0.3, 0.4) is 0 Å². The van der Waals surface area contributed by atoms with E-state index in [0.717, 1.165) is 16.9 Å². The first-order chi connectivity index (χ1) is 13.3. The molecule has 0 amide bonds. The molecular formula is C20H25NO5S2. The average molecular weight is 424 g/mol. The number of carboxylic acid groups (broad SMARTS) is 1. The molecule has 0 saturated carbocycles. The Balaban J connectivity index is 1.99. The molecule has 2 aromatic rings. The first kappa shape index (κ1) is 22.3. The van der Waals surface area contributed by atoms with Crippen LogP contribution in [0.2, 0.25) is 0 Å². The first-order valence-electron chi connectivity index (χ1n) is 8.98. The number of hydrogen-bond donors (Lipinski definition) is 1. The Morgan fingerprint density at radius 3 is 2.46 bits per heavy atom. The van der Waals surface area contributed by atoms with Crippen LogP contribution in [-0.4, -0.2) is 49.2 Å². The van der Waals surface area contributed by atoms with E-state index >= 15 is 0 Å². The highest BCUT2D eigenvalue weighted by Gasteiger charge is 2.23. The lowest BCUT2D eigenvalue weighted by Gasteiger charge is -2.21. The lowest BCUT2D eigenvalue weighted by atomic mass is 10.2. The number of sulfonamides is 1.